The van der Waals surface area contributed by atoms with E-state index in [1.165, 1.54) is 11.8 Å². The van der Waals surface area contributed by atoms with Crippen molar-refractivity contribution in [3.63, 3.8) is 0 Å². The van der Waals surface area contributed by atoms with Crippen LogP contribution in [0, 0.1) is 0 Å². The first-order chi connectivity index (χ1) is 15.6. The van der Waals surface area contributed by atoms with Crippen LogP contribution >= 0.6 is 11.8 Å². The van der Waals surface area contributed by atoms with Crippen LogP contribution in [0.15, 0.2) is 62.9 Å². The first-order valence-corrected chi connectivity index (χ1v) is 11.1. The Labute approximate surface area is 187 Å². The molecule has 8 nitrogen and oxygen atoms in total. The predicted octanol–water partition coefficient (Wildman–Crippen LogP) is 4.81. The average molecular weight is 448 g/mol. The second kappa shape index (κ2) is 8.16. The van der Waals surface area contributed by atoms with Gasteiger partial charge in [-0.15, -0.1) is 10.2 Å². The maximum atomic E-state index is 12.4. The van der Waals surface area contributed by atoms with Crippen LogP contribution in [-0.2, 0) is 6.54 Å². The van der Waals surface area contributed by atoms with Crippen molar-refractivity contribution in [1.29, 1.82) is 0 Å². The molecule has 162 valence electrons. The summed E-state index contributed by atoms with van der Waals surface area (Å²) in [6, 6.07) is 15.0. The molecule has 5 aromatic rings. The predicted molar refractivity (Wildman–Crippen MR) is 124 cm³/mol. The molecule has 0 aliphatic heterocycles. The molecule has 1 N–H and O–H groups in total. The van der Waals surface area contributed by atoms with Crippen LogP contribution in [0.4, 0.5) is 0 Å². The molecule has 9 heteroatoms. The van der Waals surface area contributed by atoms with E-state index >= 15 is 0 Å². The fourth-order valence-electron chi connectivity index (χ4n) is 3.66. The molecule has 32 heavy (non-hydrogen) atoms. The number of H-pyrrole nitrogens is 1. The smallest absolute Gasteiger partial charge is 0.258 e. The zero-order chi connectivity index (χ0) is 22.2. The third-order valence-electron chi connectivity index (χ3n) is 5.28. The quantitative estimate of drug-likeness (QED) is 0.373. The van der Waals surface area contributed by atoms with Gasteiger partial charge >= 0.3 is 0 Å². The third-order valence-corrected chi connectivity index (χ3v) is 6.37. The molecule has 0 aliphatic rings. The highest BCUT2D eigenvalue weighted by Crippen LogP contribution is 2.36. The molecule has 0 radical (unpaired) electrons. The van der Waals surface area contributed by atoms with Gasteiger partial charge in [-0.05, 0) is 38.1 Å². The Morgan fingerprint density at radius 2 is 2.03 bits per heavy atom. The number of rotatable bonds is 6. The van der Waals surface area contributed by atoms with E-state index in [0.717, 1.165) is 10.5 Å². The molecular formula is C23H21N5O3S. The number of nitrogens with one attached hydrogen (secondary N) is 1. The minimum Gasteiger partial charge on any atom is -0.493 e. The second-order valence-corrected chi connectivity index (χ2v) is 8.58. The van der Waals surface area contributed by atoms with Gasteiger partial charge in [0.05, 0.1) is 23.3 Å². The molecule has 0 spiro atoms. The summed E-state index contributed by atoms with van der Waals surface area (Å²) >= 11 is 1.49. The Balaban J connectivity index is 1.49. The van der Waals surface area contributed by atoms with E-state index in [1.54, 1.807) is 13.2 Å². The first kappa shape index (κ1) is 20.3. The van der Waals surface area contributed by atoms with E-state index < -0.39 is 0 Å². The summed E-state index contributed by atoms with van der Waals surface area (Å²) in [6.07, 6.45) is 0. The van der Waals surface area contributed by atoms with E-state index in [0.29, 0.717) is 46.2 Å². The topological polar surface area (TPSA) is 98.8 Å². The molecule has 2 aromatic carbocycles. The number of fused-ring (bicyclic) bond motifs is 2. The van der Waals surface area contributed by atoms with Gasteiger partial charge in [0, 0.05) is 11.9 Å². The SMILES string of the molecule is CCn1c(S[C@@H](C)c2nc3ccccc3c(=O)[nH]2)nnc1-c1cc2cccc(OC)c2o1. The van der Waals surface area contributed by atoms with Crippen LogP contribution in [-0.4, -0.2) is 31.8 Å². The minimum atomic E-state index is -0.146. The molecule has 0 aliphatic carbocycles. The van der Waals surface area contributed by atoms with Crippen molar-refractivity contribution in [2.75, 3.05) is 7.11 Å². The third kappa shape index (κ3) is 3.44. The second-order valence-electron chi connectivity index (χ2n) is 7.27. The maximum absolute atomic E-state index is 12.4. The lowest BCUT2D eigenvalue weighted by Gasteiger charge is -2.12. The van der Waals surface area contributed by atoms with E-state index in [2.05, 4.69) is 20.2 Å². The summed E-state index contributed by atoms with van der Waals surface area (Å²) < 4.78 is 13.5. The van der Waals surface area contributed by atoms with Crippen molar-refractivity contribution in [2.24, 2.45) is 0 Å². The van der Waals surface area contributed by atoms with Gasteiger partial charge in [-0.3, -0.25) is 9.36 Å². The molecule has 0 unspecified atom stereocenters. The number of furan rings is 1. The van der Waals surface area contributed by atoms with Crippen molar-refractivity contribution >= 4 is 33.6 Å². The number of hydrogen-bond acceptors (Lipinski definition) is 7. The zero-order valence-corrected chi connectivity index (χ0v) is 18.6. The van der Waals surface area contributed by atoms with E-state index in [-0.39, 0.29) is 10.8 Å². The van der Waals surface area contributed by atoms with Crippen LogP contribution in [0.2, 0.25) is 0 Å². The molecule has 0 saturated heterocycles. The molecule has 5 rings (SSSR count). The van der Waals surface area contributed by atoms with E-state index in [4.69, 9.17) is 9.15 Å². The van der Waals surface area contributed by atoms with Gasteiger partial charge in [-0.25, -0.2) is 4.98 Å². The number of hydrogen-bond donors (Lipinski definition) is 1. The summed E-state index contributed by atoms with van der Waals surface area (Å²) in [7, 11) is 1.62. The van der Waals surface area contributed by atoms with Gasteiger partial charge in [0.1, 0.15) is 5.82 Å². The largest absolute Gasteiger partial charge is 0.493 e. The number of aromatic amines is 1. The standard InChI is InChI=1S/C23H21N5O3S/c1-4-28-21(18-12-14-8-7-11-17(30-3)19(14)31-18)26-27-23(28)32-13(2)20-24-16-10-6-5-9-15(16)22(29)25-20/h5-13H,4H2,1-3H3,(H,24,25,29)/t13-/m0/s1. The summed E-state index contributed by atoms with van der Waals surface area (Å²) in [5, 5.41) is 10.9. The molecule has 0 amide bonds. The Hall–Kier alpha value is -3.59. The molecule has 0 bridgehead atoms. The van der Waals surface area contributed by atoms with Crippen molar-refractivity contribution in [3.05, 3.63) is 64.7 Å². The lowest BCUT2D eigenvalue weighted by molar-refractivity contribution is 0.410. The number of benzene rings is 2. The fourth-order valence-corrected chi connectivity index (χ4v) is 4.63. The number of methoxy groups -OCH3 is 1. The molecule has 3 aromatic heterocycles. The first-order valence-electron chi connectivity index (χ1n) is 10.2. The molecule has 3 heterocycles. The number of aromatic nitrogens is 5. The van der Waals surface area contributed by atoms with Gasteiger partial charge in [-0.1, -0.05) is 36.0 Å². The Bertz CT molecular complexity index is 1490. The van der Waals surface area contributed by atoms with Crippen LogP contribution in [0.25, 0.3) is 33.5 Å². The molecule has 0 fully saturated rings. The highest BCUT2D eigenvalue weighted by atomic mass is 32.2. The maximum Gasteiger partial charge on any atom is 0.258 e. The lowest BCUT2D eigenvalue weighted by atomic mass is 10.2. The molecule has 0 saturated carbocycles. The number of para-hydroxylation sites is 2. The Morgan fingerprint density at radius 1 is 1.19 bits per heavy atom. The molecule has 1 atom stereocenters. The van der Waals surface area contributed by atoms with Gasteiger partial charge in [0.15, 0.2) is 22.2 Å². The van der Waals surface area contributed by atoms with Crippen LogP contribution < -0.4 is 10.3 Å². The number of ether oxygens (including phenoxy) is 1. The summed E-state index contributed by atoms with van der Waals surface area (Å²) in [5.74, 6) is 2.53. The van der Waals surface area contributed by atoms with Crippen molar-refractivity contribution in [1.82, 2.24) is 24.7 Å². The lowest BCUT2D eigenvalue weighted by Crippen LogP contribution is -2.13. The Morgan fingerprint density at radius 3 is 2.84 bits per heavy atom. The van der Waals surface area contributed by atoms with Crippen molar-refractivity contribution in [3.8, 4) is 17.3 Å². The highest BCUT2D eigenvalue weighted by molar-refractivity contribution is 7.99. The number of thioether (sulfide) groups is 1. The summed E-state index contributed by atoms with van der Waals surface area (Å²) in [6.45, 7) is 4.67. The van der Waals surface area contributed by atoms with Crippen molar-refractivity contribution in [2.45, 2.75) is 30.8 Å². The summed E-state index contributed by atoms with van der Waals surface area (Å²) in [4.78, 5) is 20.0. The van der Waals surface area contributed by atoms with Gasteiger partial charge in [-0.2, -0.15) is 0 Å². The summed E-state index contributed by atoms with van der Waals surface area (Å²) in [5.41, 5.74) is 1.20. The van der Waals surface area contributed by atoms with Crippen LogP contribution in [0.3, 0.4) is 0 Å². The van der Waals surface area contributed by atoms with E-state index in [1.807, 2.05) is 60.9 Å². The zero-order valence-electron chi connectivity index (χ0n) is 17.8. The van der Waals surface area contributed by atoms with Gasteiger partial charge < -0.3 is 14.1 Å². The number of nitrogens with zero attached hydrogens (tertiary/aromatic N) is 4. The van der Waals surface area contributed by atoms with E-state index in [9.17, 15) is 4.79 Å². The van der Waals surface area contributed by atoms with Crippen LogP contribution in [0.1, 0.15) is 24.9 Å². The van der Waals surface area contributed by atoms with Gasteiger partial charge in [0.2, 0.25) is 5.82 Å². The monoisotopic (exact) mass is 447 g/mol. The normalized spacial score (nSPS) is 12.5. The fraction of sp³-hybridized carbons (Fsp3) is 0.217. The highest BCUT2D eigenvalue weighted by Gasteiger charge is 2.21. The van der Waals surface area contributed by atoms with Gasteiger partial charge in [0.25, 0.3) is 5.56 Å². The average Bonchev–Trinajstić information content (AvgIpc) is 3.42. The minimum absolute atomic E-state index is 0.134. The molecular weight excluding hydrogens is 426 g/mol. The van der Waals surface area contributed by atoms with Crippen LogP contribution in [0.5, 0.6) is 5.75 Å². The Kier molecular flexibility index (Phi) is 5.18. The van der Waals surface area contributed by atoms with Crippen molar-refractivity contribution < 1.29 is 9.15 Å².